The molecule has 0 aliphatic heterocycles. The zero-order valence-electron chi connectivity index (χ0n) is 13.5. The molecule has 3 aromatic rings. The van der Waals surface area contributed by atoms with Crippen LogP contribution in [0.1, 0.15) is 25.6 Å². The number of nitrogens with zero attached hydrogens (tertiary/aromatic N) is 5. The molecule has 1 N–H and O–H groups in total. The fraction of sp³-hybridized carbons (Fsp3) is 0.400. The molecule has 0 saturated heterocycles. The van der Waals surface area contributed by atoms with Gasteiger partial charge in [0.15, 0.2) is 16.3 Å². The molecule has 0 fully saturated rings. The van der Waals surface area contributed by atoms with Crippen molar-refractivity contribution in [3.05, 3.63) is 45.1 Å². The van der Waals surface area contributed by atoms with E-state index >= 15 is 0 Å². The Morgan fingerprint density at radius 1 is 1.25 bits per heavy atom. The van der Waals surface area contributed by atoms with Gasteiger partial charge in [-0.25, -0.2) is 19.7 Å². The fourth-order valence-electron chi connectivity index (χ4n) is 2.43. The first-order valence-corrected chi connectivity index (χ1v) is 8.68. The second-order valence-corrected chi connectivity index (χ2v) is 6.29. The maximum Gasteiger partial charge on any atom is 0.330 e. The van der Waals surface area contributed by atoms with Crippen LogP contribution < -0.4 is 11.2 Å². The second-order valence-electron chi connectivity index (χ2n) is 5.34. The minimum Gasteiger partial charge on any atom is -0.325 e. The van der Waals surface area contributed by atoms with E-state index in [1.54, 1.807) is 30.1 Å². The van der Waals surface area contributed by atoms with E-state index in [1.165, 1.54) is 16.3 Å². The van der Waals surface area contributed by atoms with Crippen molar-refractivity contribution >= 4 is 22.9 Å². The van der Waals surface area contributed by atoms with Crippen molar-refractivity contribution < 1.29 is 0 Å². The summed E-state index contributed by atoms with van der Waals surface area (Å²) in [5, 5.41) is 0.641. The Labute approximate surface area is 142 Å². The number of rotatable bonds is 6. The van der Waals surface area contributed by atoms with Crippen molar-refractivity contribution in [1.82, 2.24) is 29.1 Å². The molecule has 8 nitrogen and oxygen atoms in total. The summed E-state index contributed by atoms with van der Waals surface area (Å²) in [6.45, 7) is 2.59. The first-order valence-electron chi connectivity index (χ1n) is 7.70. The lowest BCUT2D eigenvalue weighted by Crippen LogP contribution is -2.31. The van der Waals surface area contributed by atoms with Crippen molar-refractivity contribution in [3.8, 4) is 0 Å². The monoisotopic (exact) mass is 346 g/mol. The average molecular weight is 346 g/mol. The highest BCUT2D eigenvalue weighted by Crippen LogP contribution is 2.19. The summed E-state index contributed by atoms with van der Waals surface area (Å²) < 4.78 is 3.26. The largest absolute Gasteiger partial charge is 0.330 e. The van der Waals surface area contributed by atoms with Crippen molar-refractivity contribution in [3.63, 3.8) is 0 Å². The van der Waals surface area contributed by atoms with Gasteiger partial charge in [0.05, 0.1) is 5.75 Å². The quantitative estimate of drug-likeness (QED) is 0.534. The predicted octanol–water partition coefficient (Wildman–Crippen LogP) is 1.31. The molecule has 3 heterocycles. The number of aryl methyl sites for hydroxylation is 2. The number of nitrogens with one attached hydrogen (secondary N) is 1. The Morgan fingerprint density at radius 2 is 2.00 bits per heavy atom. The highest BCUT2D eigenvalue weighted by atomic mass is 32.2. The Kier molecular flexibility index (Phi) is 4.79. The van der Waals surface area contributed by atoms with Gasteiger partial charge < -0.3 is 4.57 Å². The molecule has 0 spiro atoms. The molecule has 0 bridgehead atoms. The lowest BCUT2D eigenvalue weighted by atomic mass is 10.3. The molecule has 0 atom stereocenters. The van der Waals surface area contributed by atoms with E-state index in [2.05, 4.69) is 19.9 Å². The number of thioether (sulfide) groups is 1. The predicted molar refractivity (Wildman–Crippen MR) is 92.1 cm³/mol. The number of hydrogen-bond donors (Lipinski definition) is 1. The van der Waals surface area contributed by atoms with Crippen molar-refractivity contribution in [2.24, 2.45) is 7.05 Å². The van der Waals surface area contributed by atoms with E-state index in [-0.39, 0.29) is 0 Å². The molecule has 3 rings (SSSR count). The average Bonchev–Trinajstić information content (AvgIpc) is 2.91. The highest BCUT2D eigenvalue weighted by molar-refractivity contribution is 7.98. The summed E-state index contributed by atoms with van der Waals surface area (Å²) in [4.78, 5) is 39.5. The zero-order valence-corrected chi connectivity index (χ0v) is 14.3. The smallest absolute Gasteiger partial charge is 0.325 e. The molecular formula is C15H18N6O2S. The highest BCUT2D eigenvalue weighted by Gasteiger charge is 2.16. The van der Waals surface area contributed by atoms with Crippen LogP contribution in [0.3, 0.4) is 0 Å². The van der Waals surface area contributed by atoms with E-state index in [1.807, 2.05) is 6.92 Å². The second kappa shape index (κ2) is 7.00. The summed E-state index contributed by atoms with van der Waals surface area (Å²) in [6.07, 6.45) is 5.16. The van der Waals surface area contributed by atoms with Crippen LogP contribution in [0, 0.1) is 0 Å². The van der Waals surface area contributed by atoms with Gasteiger partial charge in [0.2, 0.25) is 0 Å². The molecule has 24 heavy (non-hydrogen) atoms. The molecule has 0 saturated carbocycles. The lowest BCUT2D eigenvalue weighted by Gasteiger charge is -2.04. The Hall–Kier alpha value is -2.42. The van der Waals surface area contributed by atoms with Crippen LogP contribution in [-0.2, 0) is 19.3 Å². The van der Waals surface area contributed by atoms with Gasteiger partial charge in [-0.05, 0) is 12.5 Å². The third kappa shape index (κ3) is 3.12. The SMILES string of the molecule is CCCCn1c(=O)[nH]c(=O)c2c1nc(CSc1ncccn1)n2C. The Morgan fingerprint density at radius 3 is 2.71 bits per heavy atom. The van der Waals surface area contributed by atoms with Crippen LogP contribution in [0.25, 0.3) is 11.2 Å². The van der Waals surface area contributed by atoms with E-state index in [9.17, 15) is 9.59 Å². The number of H-pyrrole nitrogens is 1. The summed E-state index contributed by atoms with van der Waals surface area (Å²) in [5.41, 5.74) is 0.0224. The van der Waals surface area contributed by atoms with Gasteiger partial charge in [-0.15, -0.1) is 0 Å². The molecular weight excluding hydrogens is 328 g/mol. The molecule has 0 aromatic carbocycles. The van der Waals surface area contributed by atoms with Gasteiger partial charge in [-0.2, -0.15) is 0 Å². The van der Waals surface area contributed by atoms with Crippen molar-refractivity contribution in [1.29, 1.82) is 0 Å². The molecule has 0 aliphatic rings. The van der Waals surface area contributed by atoms with Gasteiger partial charge in [0, 0.05) is 26.0 Å². The van der Waals surface area contributed by atoms with Gasteiger partial charge >= 0.3 is 5.69 Å². The maximum absolute atomic E-state index is 12.2. The molecule has 3 aromatic heterocycles. The molecule has 0 unspecified atom stereocenters. The first-order chi connectivity index (χ1) is 11.6. The molecule has 0 radical (unpaired) electrons. The third-order valence-corrected chi connectivity index (χ3v) is 4.58. The maximum atomic E-state index is 12.2. The number of fused-ring (bicyclic) bond motifs is 1. The minimum atomic E-state index is -0.412. The first kappa shape index (κ1) is 16.4. The van der Waals surface area contributed by atoms with Gasteiger partial charge in [0.25, 0.3) is 5.56 Å². The standard InChI is InChI=1S/C15H18N6O2S/c1-3-4-8-21-12-11(13(22)19-15(21)23)20(2)10(18-12)9-24-14-16-6-5-7-17-14/h5-7H,3-4,8-9H2,1-2H3,(H,19,22,23). The van der Waals surface area contributed by atoms with E-state index in [0.29, 0.717) is 34.4 Å². The third-order valence-electron chi connectivity index (χ3n) is 3.71. The lowest BCUT2D eigenvalue weighted by molar-refractivity contribution is 0.613. The number of aromatic amines is 1. The van der Waals surface area contributed by atoms with Crippen LogP contribution in [-0.4, -0.2) is 29.1 Å². The topological polar surface area (TPSA) is 98.5 Å². The van der Waals surface area contributed by atoms with Crippen molar-refractivity contribution in [2.45, 2.75) is 37.2 Å². The van der Waals surface area contributed by atoms with Crippen LogP contribution in [0.15, 0.2) is 33.2 Å². The summed E-state index contributed by atoms with van der Waals surface area (Å²) in [5.74, 6) is 1.21. The van der Waals surface area contributed by atoms with E-state index in [0.717, 1.165) is 12.8 Å². The summed E-state index contributed by atoms with van der Waals surface area (Å²) in [6, 6.07) is 1.76. The van der Waals surface area contributed by atoms with Crippen LogP contribution >= 0.6 is 11.8 Å². The van der Waals surface area contributed by atoms with Gasteiger partial charge in [-0.1, -0.05) is 25.1 Å². The molecule has 0 amide bonds. The van der Waals surface area contributed by atoms with Crippen LogP contribution in [0.4, 0.5) is 0 Å². The molecule has 9 heteroatoms. The number of unbranched alkanes of at least 4 members (excludes halogenated alkanes) is 1. The van der Waals surface area contributed by atoms with E-state index < -0.39 is 11.2 Å². The van der Waals surface area contributed by atoms with Crippen molar-refractivity contribution in [2.75, 3.05) is 0 Å². The van der Waals surface area contributed by atoms with Crippen LogP contribution in [0.5, 0.6) is 0 Å². The molecule has 126 valence electrons. The van der Waals surface area contributed by atoms with Gasteiger partial charge in [-0.3, -0.25) is 14.3 Å². The van der Waals surface area contributed by atoms with E-state index in [4.69, 9.17) is 0 Å². The Balaban J connectivity index is 2.01. The van der Waals surface area contributed by atoms with Crippen LogP contribution in [0.2, 0.25) is 0 Å². The molecule has 0 aliphatic carbocycles. The zero-order chi connectivity index (χ0) is 17.1. The Bertz CT molecular complexity index is 960. The number of hydrogen-bond acceptors (Lipinski definition) is 6. The fourth-order valence-corrected chi connectivity index (χ4v) is 3.22. The summed E-state index contributed by atoms with van der Waals surface area (Å²) >= 11 is 1.43. The number of imidazole rings is 1. The summed E-state index contributed by atoms with van der Waals surface area (Å²) in [7, 11) is 1.78. The van der Waals surface area contributed by atoms with Gasteiger partial charge in [0.1, 0.15) is 5.82 Å². The normalized spacial score (nSPS) is 11.2. The number of aromatic nitrogens is 6. The minimum absolute atomic E-state index is 0.412.